The minimum Gasteiger partial charge on any atom is -0.507 e. The molecule has 0 amide bonds. The molecule has 1 aliphatic rings. The molecule has 1 aromatic carbocycles. The molecule has 5 heteroatoms. The lowest BCUT2D eigenvalue weighted by Gasteiger charge is -2.33. The van der Waals surface area contributed by atoms with Crippen LogP contribution >= 0.6 is 0 Å². The van der Waals surface area contributed by atoms with Crippen molar-refractivity contribution in [2.75, 3.05) is 31.2 Å². The summed E-state index contributed by atoms with van der Waals surface area (Å²) in [6.45, 7) is 6.26. The van der Waals surface area contributed by atoms with Crippen molar-refractivity contribution < 1.29 is 19.4 Å². The number of hydrogen-bond donors (Lipinski definition) is 1. The largest absolute Gasteiger partial charge is 0.507 e. The quantitative estimate of drug-likeness (QED) is 0.844. The van der Waals surface area contributed by atoms with Gasteiger partial charge in [0.15, 0.2) is 0 Å². The second-order valence-electron chi connectivity index (χ2n) is 4.55. The van der Waals surface area contributed by atoms with Crippen molar-refractivity contribution in [3.05, 3.63) is 23.8 Å². The molecule has 0 bridgehead atoms. The summed E-state index contributed by atoms with van der Waals surface area (Å²) in [5.74, 6) is -0.544. The number of aromatic hydroxyl groups is 1. The molecular weight excluding hydrogens is 246 g/mol. The normalized spacial score (nSPS) is 19.3. The monoisotopic (exact) mass is 265 g/mol. The number of phenolic OH excluding ortho intramolecular Hbond substituents is 1. The minimum atomic E-state index is -0.498. The van der Waals surface area contributed by atoms with Crippen molar-refractivity contribution in [3.63, 3.8) is 0 Å². The topological polar surface area (TPSA) is 59.0 Å². The van der Waals surface area contributed by atoms with Gasteiger partial charge in [-0.05, 0) is 26.0 Å². The number of carbonyl (C=O) groups is 1. The van der Waals surface area contributed by atoms with Crippen molar-refractivity contribution in [2.24, 2.45) is 0 Å². The first-order valence-corrected chi connectivity index (χ1v) is 6.48. The van der Waals surface area contributed by atoms with E-state index in [0.29, 0.717) is 13.2 Å². The van der Waals surface area contributed by atoms with Gasteiger partial charge in [-0.25, -0.2) is 4.79 Å². The molecule has 1 atom stereocenters. The lowest BCUT2D eigenvalue weighted by atomic mass is 10.1. The minimum absolute atomic E-state index is 0.0462. The van der Waals surface area contributed by atoms with E-state index in [4.69, 9.17) is 9.47 Å². The zero-order valence-electron chi connectivity index (χ0n) is 11.3. The molecule has 1 aromatic rings. The van der Waals surface area contributed by atoms with Crippen LogP contribution < -0.4 is 4.90 Å². The van der Waals surface area contributed by atoms with E-state index >= 15 is 0 Å². The van der Waals surface area contributed by atoms with Gasteiger partial charge < -0.3 is 19.5 Å². The molecular formula is C14H19NO4. The second-order valence-corrected chi connectivity index (χ2v) is 4.55. The van der Waals surface area contributed by atoms with Crippen molar-refractivity contribution >= 4 is 11.7 Å². The number of carbonyl (C=O) groups excluding carboxylic acids is 1. The molecule has 1 saturated heterocycles. The summed E-state index contributed by atoms with van der Waals surface area (Å²) in [5, 5.41) is 9.93. The number of phenols is 1. The SMILES string of the molecule is CCOC(=O)c1ccc(N2CCOC(C)C2)cc1O. The molecule has 19 heavy (non-hydrogen) atoms. The van der Waals surface area contributed by atoms with E-state index in [9.17, 15) is 9.90 Å². The summed E-state index contributed by atoms with van der Waals surface area (Å²) in [7, 11) is 0. The summed E-state index contributed by atoms with van der Waals surface area (Å²) in [4.78, 5) is 13.7. The number of morpholine rings is 1. The molecule has 104 valence electrons. The molecule has 5 nitrogen and oxygen atoms in total. The molecule has 1 heterocycles. The third kappa shape index (κ3) is 3.17. The van der Waals surface area contributed by atoms with Crippen molar-refractivity contribution in [1.82, 2.24) is 0 Å². The Morgan fingerprint density at radius 2 is 2.37 bits per heavy atom. The Balaban J connectivity index is 2.16. The smallest absolute Gasteiger partial charge is 0.341 e. The van der Waals surface area contributed by atoms with E-state index in [2.05, 4.69) is 4.90 Å². The van der Waals surface area contributed by atoms with Crippen LogP contribution in [0.1, 0.15) is 24.2 Å². The zero-order chi connectivity index (χ0) is 13.8. The van der Waals surface area contributed by atoms with Gasteiger partial charge in [-0.2, -0.15) is 0 Å². The highest BCUT2D eigenvalue weighted by Gasteiger charge is 2.19. The molecule has 0 spiro atoms. The Bertz CT molecular complexity index is 461. The van der Waals surface area contributed by atoms with Crippen LogP contribution in [0.15, 0.2) is 18.2 Å². The Labute approximate surface area is 112 Å². The molecule has 0 aliphatic carbocycles. The van der Waals surface area contributed by atoms with Crippen molar-refractivity contribution in [1.29, 1.82) is 0 Å². The summed E-state index contributed by atoms with van der Waals surface area (Å²) < 4.78 is 10.4. The van der Waals surface area contributed by atoms with Crippen LogP contribution in [0.4, 0.5) is 5.69 Å². The first-order chi connectivity index (χ1) is 9.11. The van der Waals surface area contributed by atoms with Gasteiger partial charge in [-0.3, -0.25) is 0 Å². The predicted molar refractivity (Wildman–Crippen MR) is 71.7 cm³/mol. The van der Waals surface area contributed by atoms with Crippen LogP contribution in [0.25, 0.3) is 0 Å². The maximum Gasteiger partial charge on any atom is 0.341 e. The summed E-state index contributed by atoms with van der Waals surface area (Å²) >= 11 is 0. The molecule has 2 rings (SSSR count). The van der Waals surface area contributed by atoms with Crippen LogP contribution in [0.5, 0.6) is 5.75 Å². The van der Waals surface area contributed by atoms with Crippen molar-refractivity contribution in [2.45, 2.75) is 20.0 Å². The van der Waals surface area contributed by atoms with Crippen molar-refractivity contribution in [3.8, 4) is 5.75 Å². The number of hydrogen-bond acceptors (Lipinski definition) is 5. The van der Waals surface area contributed by atoms with Crippen LogP contribution in [0.3, 0.4) is 0 Å². The second kappa shape index (κ2) is 5.93. The lowest BCUT2D eigenvalue weighted by Crippen LogP contribution is -2.41. The van der Waals surface area contributed by atoms with Crippen LogP contribution in [0.2, 0.25) is 0 Å². The van der Waals surface area contributed by atoms with Gasteiger partial charge >= 0.3 is 5.97 Å². The third-order valence-electron chi connectivity index (χ3n) is 3.08. The Hall–Kier alpha value is -1.75. The Morgan fingerprint density at radius 3 is 3.00 bits per heavy atom. The first kappa shape index (κ1) is 13.7. The maximum atomic E-state index is 11.6. The first-order valence-electron chi connectivity index (χ1n) is 6.48. The Morgan fingerprint density at radius 1 is 1.58 bits per heavy atom. The van der Waals surface area contributed by atoms with Gasteiger partial charge in [0.1, 0.15) is 11.3 Å². The molecule has 1 aliphatic heterocycles. The van der Waals surface area contributed by atoms with E-state index in [0.717, 1.165) is 18.8 Å². The number of esters is 1. The van der Waals surface area contributed by atoms with Crippen LogP contribution in [0, 0.1) is 0 Å². The summed E-state index contributed by atoms with van der Waals surface area (Å²) in [5.41, 5.74) is 1.09. The number of rotatable bonds is 3. The zero-order valence-corrected chi connectivity index (χ0v) is 11.3. The molecule has 0 saturated carbocycles. The van der Waals surface area contributed by atoms with Crippen LogP contribution in [-0.2, 0) is 9.47 Å². The lowest BCUT2D eigenvalue weighted by molar-refractivity contribution is 0.0518. The number of benzene rings is 1. The summed E-state index contributed by atoms with van der Waals surface area (Å²) in [6.07, 6.45) is 0.167. The van der Waals surface area contributed by atoms with E-state index in [1.165, 1.54) is 0 Å². The van der Waals surface area contributed by atoms with E-state index in [-0.39, 0.29) is 17.4 Å². The molecule has 1 N–H and O–H groups in total. The average molecular weight is 265 g/mol. The highest BCUT2D eigenvalue weighted by Crippen LogP contribution is 2.26. The van der Waals surface area contributed by atoms with E-state index in [1.54, 1.807) is 19.1 Å². The fraction of sp³-hybridized carbons (Fsp3) is 0.500. The Kier molecular flexibility index (Phi) is 4.27. The molecule has 1 fully saturated rings. The fourth-order valence-electron chi connectivity index (χ4n) is 2.15. The predicted octanol–water partition coefficient (Wildman–Crippen LogP) is 1.79. The van der Waals surface area contributed by atoms with Gasteiger partial charge in [0.05, 0.1) is 19.3 Å². The van der Waals surface area contributed by atoms with Crippen LogP contribution in [-0.4, -0.2) is 43.5 Å². The number of nitrogens with zero attached hydrogens (tertiary/aromatic N) is 1. The van der Waals surface area contributed by atoms with E-state index in [1.807, 2.05) is 13.0 Å². The fourth-order valence-corrected chi connectivity index (χ4v) is 2.15. The standard InChI is InChI=1S/C14H19NO4/c1-3-18-14(17)12-5-4-11(8-13(12)16)15-6-7-19-10(2)9-15/h4-5,8,10,16H,3,6-7,9H2,1-2H3. The molecule has 1 unspecified atom stereocenters. The van der Waals surface area contributed by atoms with Gasteiger partial charge in [-0.1, -0.05) is 0 Å². The number of anilines is 1. The highest BCUT2D eigenvalue weighted by atomic mass is 16.5. The van der Waals surface area contributed by atoms with Gasteiger partial charge in [0.2, 0.25) is 0 Å². The van der Waals surface area contributed by atoms with Gasteiger partial charge in [0.25, 0.3) is 0 Å². The number of ether oxygens (including phenoxy) is 2. The molecule has 0 aromatic heterocycles. The van der Waals surface area contributed by atoms with Gasteiger partial charge in [-0.15, -0.1) is 0 Å². The highest BCUT2D eigenvalue weighted by molar-refractivity contribution is 5.93. The average Bonchev–Trinajstić information content (AvgIpc) is 2.38. The molecule has 0 radical (unpaired) electrons. The van der Waals surface area contributed by atoms with Gasteiger partial charge in [0, 0.05) is 24.8 Å². The summed E-state index contributed by atoms with van der Waals surface area (Å²) in [6, 6.07) is 5.02. The maximum absolute atomic E-state index is 11.6. The van der Waals surface area contributed by atoms with E-state index < -0.39 is 5.97 Å². The third-order valence-corrected chi connectivity index (χ3v) is 3.08.